The average Bonchev–Trinajstić information content (AvgIpc) is 2.57. The molecule has 2 aromatic carbocycles. The van der Waals surface area contributed by atoms with Crippen LogP contribution in [0.25, 0.3) is 0 Å². The lowest BCUT2D eigenvalue weighted by Crippen LogP contribution is -2.39. The third kappa shape index (κ3) is 3.38. The van der Waals surface area contributed by atoms with Gasteiger partial charge in [0.1, 0.15) is 16.5 Å². The first-order valence-electron chi connectivity index (χ1n) is 6.99. The number of carbonyl (C=O) groups excluding carboxylic acids is 1. The summed E-state index contributed by atoms with van der Waals surface area (Å²) >= 11 is 0. The summed E-state index contributed by atoms with van der Waals surface area (Å²) in [6.07, 6.45) is 3.38. The van der Waals surface area contributed by atoms with Gasteiger partial charge in [0.05, 0.1) is 5.69 Å². The highest BCUT2D eigenvalue weighted by molar-refractivity contribution is 7.87. The molecule has 124 valence electrons. The number of halogens is 1. The molecule has 0 bridgehead atoms. The number of nitrogens with one attached hydrogen (secondary N) is 1. The van der Waals surface area contributed by atoms with E-state index in [1.165, 1.54) is 41.3 Å². The Morgan fingerprint density at radius 3 is 2.33 bits per heavy atom. The Bertz CT molecular complexity index is 877. The first-order valence-corrected chi connectivity index (χ1v) is 8.40. The van der Waals surface area contributed by atoms with Crippen molar-refractivity contribution < 1.29 is 21.8 Å². The maximum atomic E-state index is 12.8. The quantitative estimate of drug-likeness (QED) is 0.862. The smallest absolute Gasteiger partial charge is 0.339 e. The number of rotatable bonds is 4. The van der Waals surface area contributed by atoms with Gasteiger partial charge < -0.3 is 9.50 Å². The van der Waals surface area contributed by atoms with Gasteiger partial charge in [-0.2, -0.15) is 8.42 Å². The molecule has 0 saturated carbocycles. The van der Waals surface area contributed by atoms with Crippen LogP contribution in [0.5, 0.6) is 5.75 Å². The van der Waals surface area contributed by atoms with Gasteiger partial charge in [-0.05, 0) is 54.6 Å². The van der Waals surface area contributed by atoms with Gasteiger partial charge in [-0.3, -0.25) is 4.90 Å². The first-order chi connectivity index (χ1) is 11.5. The van der Waals surface area contributed by atoms with E-state index in [9.17, 15) is 17.6 Å². The van der Waals surface area contributed by atoms with Crippen molar-refractivity contribution in [1.82, 2.24) is 5.32 Å². The number of carbonyl (C=O) groups is 1. The Hall–Kier alpha value is -2.87. The minimum atomic E-state index is -4.05. The number of nitrogens with zero attached hydrogens (tertiary/aromatic N) is 1. The SMILES string of the molecule is O=C1NCC=CN1c1ccc(S(=O)(=O)Oc2ccc(F)cc2)cc1. The molecule has 0 unspecified atom stereocenters. The van der Waals surface area contributed by atoms with Gasteiger partial charge in [-0.1, -0.05) is 0 Å². The van der Waals surface area contributed by atoms with Crippen LogP contribution in [-0.2, 0) is 10.1 Å². The summed E-state index contributed by atoms with van der Waals surface area (Å²) in [5, 5.41) is 2.64. The molecule has 1 N–H and O–H groups in total. The lowest BCUT2D eigenvalue weighted by Gasteiger charge is -2.22. The second-order valence-electron chi connectivity index (χ2n) is 4.93. The van der Waals surface area contributed by atoms with Gasteiger partial charge >= 0.3 is 16.1 Å². The van der Waals surface area contributed by atoms with Crippen LogP contribution >= 0.6 is 0 Å². The van der Waals surface area contributed by atoms with Crippen molar-refractivity contribution in [1.29, 1.82) is 0 Å². The summed E-state index contributed by atoms with van der Waals surface area (Å²) in [7, 11) is -4.05. The van der Waals surface area contributed by atoms with E-state index in [0.717, 1.165) is 12.1 Å². The van der Waals surface area contributed by atoms with Gasteiger partial charge in [0.15, 0.2) is 0 Å². The Labute approximate surface area is 138 Å². The van der Waals surface area contributed by atoms with E-state index in [4.69, 9.17) is 4.18 Å². The van der Waals surface area contributed by atoms with Crippen LogP contribution in [0.1, 0.15) is 0 Å². The number of anilines is 1. The van der Waals surface area contributed by atoms with Crippen LogP contribution in [0, 0.1) is 5.82 Å². The van der Waals surface area contributed by atoms with Crippen molar-refractivity contribution in [3.63, 3.8) is 0 Å². The van der Waals surface area contributed by atoms with E-state index < -0.39 is 15.9 Å². The molecule has 0 aliphatic carbocycles. The predicted octanol–water partition coefficient (Wildman–Crippen LogP) is 2.64. The summed E-state index contributed by atoms with van der Waals surface area (Å²) in [4.78, 5) is 13.0. The Morgan fingerprint density at radius 1 is 1.04 bits per heavy atom. The molecule has 2 aromatic rings. The molecule has 0 spiro atoms. The molecule has 24 heavy (non-hydrogen) atoms. The van der Waals surface area contributed by atoms with Crippen LogP contribution in [-0.4, -0.2) is 21.0 Å². The standard InChI is InChI=1S/C16H13FN2O4S/c17-12-2-6-14(7-3-12)23-24(21,22)15-8-4-13(5-9-15)19-11-1-10-18-16(19)20/h1-9,11H,10H2,(H,18,20). The van der Waals surface area contributed by atoms with Crippen molar-refractivity contribution in [3.8, 4) is 5.75 Å². The molecule has 1 aliphatic rings. The molecule has 0 fully saturated rings. The van der Waals surface area contributed by atoms with Crippen molar-refractivity contribution >= 4 is 21.8 Å². The van der Waals surface area contributed by atoms with E-state index >= 15 is 0 Å². The molecule has 8 heteroatoms. The fraction of sp³-hybridized carbons (Fsp3) is 0.0625. The molecule has 3 rings (SSSR count). The number of urea groups is 1. The summed E-state index contributed by atoms with van der Waals surface area (Å²) < 4.78 is 42.2. The minimum absolute atomic E-state index is 0.0128. The van der Waals surface area contributed by atoms with Gasteiger partial charge in [-0.25, -0.2) is 9.18 Å². The molecule has 6 nitrogen and oxygen atoms in total. The lowest BCUT2D eigenvalue weighted by molar-refractivity contribution is 0.248. The predicted molar refractivity (Wildman–Crippen MR) is 85.7 cm³/mol. The van der Waals surface area contributed by atoms with E-state index in [2.05, 4.69) is 5.32 Å². The number of hydrogen-bond donors (Lipinski definition) is 1. The molecular formula is C16H13FN2O4S. The first kappa shape index (κ1) is 16.0. The zero-order valence-corrected chi connectivity index (χ0v) is 13.2. The number of hydrogen-bond acceptors (Lipinski definition) is 4. The highest BCUT2D eigenvalue weighted by Gasteiger charge is 2.19. The molecule has 1 aliphatic heterocycles. The maximum absolute atomic E-state index is 12.8. The van der Waals surface area contributed by atoms with Crippen molar-refractivity contribution in [2.75, 3.05) is 11.4 Å². The van der Waals surface area contributed by atoms with Crippen LogP contribution in [0.2, 0.25) is 0 Å². The van der Waals surface area contributed by atoms with Gasteiger partial charge in [0.25, 0.3) is 0 Å². The zero-order chi connectivity index (χ0) is 17.2. The van der Waals surface area contributed by atoms with Crippen LogP contribution < -0.4 is 14.4 Å². The normalized spacial score (nSPS) is 14.4. The summed E-state index contributed by atoms with van der Waals surface area (Å²) in [6, 6.07) is 10.0. The van der Waals surface area contributed by atoms with Crippen LogP contribution in [0.3, 0.4) is 0 Å². The fourth-order valence-corrected chi connectivity index (χ4v) is 3.03. The van der Waals surface area contributed by atoms with E-state index in [-0.39, 0.29) is 16.7 Å². The molecule has 0 saturated heterocycles. The molecule has 0 radical (unpaired) electrons. The molecular weight excluding hydrogens is 335 g/mol. The summed E-state index contributed by atoms with van der Waals surface area (Å²) in [5.41, 5.74) is 0.518. The Morgan fingerprint density at radius 2 is 1.71 bits per heavy atom. The second kappa shape index (κ2) is 6.32. The Kier molecular flexibility index (Phi) is 4.22. The lowest BCUT2D eigenvalue weighted by atomic mass is 10.3. The highest BCUT2D eigenvalue weighted by atomic mass is 32.2. The summed E-state index contributed by atoms with van der Waals surface area (Å²) in [5.74, 6) is -0.476. The molecule has 1 heterocycles. The fourth-order valence-electron chi connectivity index (χ4n) is 2.10. The summed E-state index contributed by atoms with van der Waals surface area (Å²) in [6.45, 7) is 0.452. The highest BCUT2D eigenvalue weighted by Crippen LogP contribution is 2.22. The van der Waals surface area contributed by atoms with Crippen LogP contribution in [0.15, 0.2) is 65.7 Å². The minimum Gasteiger partial charge on any atom is -0.379 e. The van der Waals surface area contributed by atoms with Crippen molar-refractivity contribution in [2.45, 2.75) is 4.90 Å². The number of benzene rings is 2. The molecule has 0 aromatic heterocycles. The van der Waals surface area contributed by atoms with E-state index in [0.29, 0.717) is 12.2 Å². The zero-order valence-electron chi connectivity index (χ0n) is 12.3. The average molecular weight is 348 g/mol. The van der Waals surface area contributed by atoms with E-state index in [1.807, 2.05) is 0 Å². The topological polar surface area (TPSA) is 75.7 Å². The van der Waals surface area contributed by atoms with Crippen molar-refractivity contribution in [2.24, 2.45) is 0 Å². The van der Waals surface area contributed by atoms with Gasteiger partial charge in [0, 0.05) is 12.7 Å². The molecule has 0 atom stereocenters. The third-order valence-corrected chi connectivity index (χ3v) is 4.53. The third-order valence-electron chi connectivity index (χ3n) is 3.27. The van der Waals surface area contributed by atoms with E-state index in [1.54, 1.807) is 12.3 Å². The van der Waals surface area contributed by atoms with Gasteiger partial charge in [0.2, 0.25) is 0 Å². The van der Waals surface area contributed by atoms with Crippen molar-refractivity contribution in [3.05, 3.63) is 66.6 Å². The maximum Gasteiger partial charge on any atom is 0.339 e. The second-order valence-corrected chi connectivity index (χ2v) is 6.47. The monoisotopic (exact) mass is 348 g/mol. The van der Waals surface area contributed by atoms with Gasteiger partial charge in [-0.15, -0.1) is 0 Å². The largest absolute Gasteiger partial charge is 0.379 e. The van der Waals surface area contributed by atoms with Crippen LogP contribution in [0.4, 0.5) is 14.9 Å². The Balaban J connectivity index is 1.81. The molecule has 2 amide bonds. The number of amides is 2.